The number of nitrogens with one attached hydrogen (secondary N) is 2. The predicted molar refractivity (Wildman–Crippen MR) is 73.0 cm³/mol. The summed E-state index contributed by atoms with van der Waals surface area (Å²) in [4.78, 5) is 15.0. The van der Waals surface area contributed by atoms with E-state index in [-0.39, 0.29) is 5.91 Å². The number of carbonyl (C=O) groups is 1. The lowest BCUT2D eigenvalue weighted by molar-refractivity contribution is -0.120. The smallest absolute Gasteiger partial charge is 0.224 e. The topological polar surface area (TPSA) is 68.7 Å². The number of nitrogens with zero attached hydrogens (tertiary/aromatic N) is 1. The minimum atomic E-state index is 0.0255. The average Bonchev–Trinajstić information content (AvgIpc) is 2.57. The van der Waals surface area contributed by atoms with Gasteiger partial charge >= 0.3 is 0 Å². The molecule has 4 nitrogen and oxygen atoms in total. The van der Waals surface area contributed by atoms with Crippen LogP contribution in [0.25, 0.3) is 10.9 Å². The number of fused-ring (bicyclic) bond motifs is 3. The predicted octanol–water partition coefficient (Wildman–Crippen LogP) is 2.10. The number of amides is 1. The average molecular weight is 274 g/mol. The van der Waals surface area contributed by atoms with Gasteiger partial charge in [0.2, 0.25) is 5.91 Å². The zero-order valence-corrected chi connectivity index (χ0v) is 11.0. The molecule has 0 saturated carbocycles. The SMILES string of the molecule is N#CCc1cc(Cl)cc2[nH]c3c(c12)CC(=O)NCC3. The van der Waals surface area contributed by atoms with Crippen molar-refractivity contribution in [1.29, 1.82) is 5.26 Å². The molecule has 0 fully saturated rings. The first-order valence-corrected chi connectivity index (χ1v) is 6.52. The van der Waals surface area contributed by atoms with Crippen LogP contribution in [-0.4, -0.2) is 17.4 Å². The molecule has 1 aliphatic heterocycles. The van der Waals surface area contributed by atoms with Crippen LogP contribution >= 0.6 is 11.6 Å². The molecule has 1 aromatic carbocycles. The molecule has 0 atom stereocenters. The lowest BCUT2D eigenvalue weighted by atomic mass is 10.0. The van der Waals surface area contributed by atoms with E-state index in [9.17, 15) is 4.79 Å². The van der Waals surface area contributed by atoms with Crippen molar-refractivity contribution in [2.24, 2.45) is 0 Å². The fourth-order valence-electron chi connectivity index (χ4n) is 2.69. The van der Waals surface area contributed by atoms with Crippen molar-refractivity contribution in [2.45, 2.75) is 19.3 Å². The minimum Gasteiger partial charge on any atom is -0.358 e. The number of hydrogen-bond acceptors (Lipinski definition) is 2. The summed E-state index contributed by atoms with van der Waals surface area (Å²) >= 11 is 6.08. The van der Waals surface area contributed by atoms with Crippen LogP contribution in [0.4, 0.5) is 0 Å². The van der Waals surface area contributed by atoms with E-state index in [0.29, 0.717) is 24.4 Å². The van der Waals surface area contributed by atoms with E-state index >= 15 is 0 Å². The number of H-pyrrole nitrogens is 1. The number of aromatic nitrogens is 1. The summed E-state index contributed by atoms with van der Waals surface area (Å²) in [5.41, 5.74) is 3.87. The zero-order valence-electron chi connectivity index (χ0n) is 10.2. The van der Waals surface area contributed by atoms with Crippen molar-refractivity contribution in [3.05, 3.63) is 34.0 Å². The van der Waals surface area contributed by atoms with Gasteiger partial charge < -0.3 is 10.3 Å². The molecule has 96 valence electrons. The Balaban J connectivity index is 2.28. The van der Waals surface area contributed by atoms with Gasteiger partial charge in [-0.2, -0.15) is 5.26 Å². The third-order valence-corrected chi connectivity index (χ3v) is 3.66. The van der Waals surface area contributed by atoms with Crippen molar-refractivity contribution < 1.29 is 4.79 Å². The van der Waals surface area contributed by atoms with Gasteiger partial charge in [0.15, 0.2) is 0 Å². The molecule has 1 amide bonds. The Kier molecular flexibility index (Phi) is 2.92. The second kappa shape index (κ2) is 4.60. The third-order valence-electron chi connectivity index (χ3n) is 3.44. The number of nitriles is 1. The van der Waals surface area contributed by atoms with Crippen LogP contribution in [0, 0.1) is 11.3 Å². The summed E-state index contributed by atoms with van der Waals surface area (Å²) in [5, 5.41) is 13.4. The van der Waals surface area contributed by atoms with Crippen LogP contribution in [0.1, 0.15) is 16.8 Å². The normalized spacial score (nSPS) is 14.6. The van der Waals surface area contributed by atoms with E-state index in [1.165, 1.54) is 0 Å². The quantitative estimate of drug-likeness (QED) is 0.835. The maximum absolute atomic E-state index is 11.7. The van der Waals surface area contributed by atoms with Crippen molar-refractivity contribution in [3.8, 4) is 6.07 Å². The number of rotatable bonds is 1. The molecule has 3 rings (SSSR count). The molecular formula is C14H12ClN3O. The molecule has 1 aliphatic rings. The molecule has 5 heteroatoms. The standard InChI is InChI=1S/C14H12ClN3O/c15-9-5-8(1-3-16)14-10-7-13(19)17-4-2-11(10)18-12(14)6-9/h5-6,18H,1-2,4,7H2,(H,17,19). The molecule has 2 heterocycles. The van der Waals surface area contributed by atoms with Gasteiger partial charge in [0.05, 0.1) is 18.9 Å². The van der Waals surface area contributed by atoms with Gasteiger partial charge in [0.25, 0.3) is 0 Å². The highest BCUT2D eigenvalue weighted by atomic mass is 35.5. The first-order chi connectivity index (χ1) is 9.19. The Bertz CT molecular complexity index is 712. The minimum absolute atomic E-state index is 0.0255. The molecule has 0 bridgehead atoms. The Hall–Kier alpha value is -1.99. The summed E-state index contributed by atoms with van der Waals surface area (Å²) < 4.78 is 0. The van der Waals surface area contributed by atoms with E-state index in [1.807, 2.05) is 12.1 Å². The number of halogens is 1. The Morgan fingerprint density at radius 2 is 2.26 bits per heavy atom. The second-order valence-corrected chi connectivity index (χ2v) is 5.12. The zero-order chi connectivity index (χ0) is 13.4. The van der Waals surface area contributed by atoms with Gasteiger partial charge in [-0.3, -0.25) is 4.79 Å². The number of benzene rings is 1. The Morgan fingerprint density at radius 3 is 3.05 bits per heavy atom. The monoisotopic (exact) mass is 273 g/mol. The van der Waals surface area contributed by atoms with E-state index in [0.717, 1.165) is 34.1 Å². The fraction of sp³-hybridized carbons (Fsp3) is 0.286. The van der Waals surface area contributed by atoms with Crippen LogP contribution in [-0.2, 0) is 24.1 Å². The van der Waals surface area contributed by atoms with Gasteiger partial charge in [-0.1, -0.05) is 11.6 Å². The summed E-state index contributed by atoms with van der Waals surface area (Å²) in [6, 6.07) is 5.81. The molecule has 2 N–H and O–H groups in total. The number of hydrogen-bond donors (Lipinski definition) is 2. The first-order valence-electron chi connectivity index (χ1n) is 6.14. The summed E-state index contributed by atoms with van der Waals surface area (Å²) in [7, 11) is 0. The molecule has 0 saturated heterocycles. The molecule has 0 radical (unpaired) electrons. The lowest BCUT2D eigenvalue weighted by Crippen LogP contribution is -2.24. The number of aromatic amines is 1. The third kappa shape index (κ3) is 2.06. The maximum atomic E-state index is 11.7. The van der Waals surface area contributed by atoms with Crippen molar-refractivity contribution >= 4 is 28.4 Å². The van der Waals surface area contributed by atoms with Crippen LogP contribution in [0.3, 0.4) is 0 Å². The van der Waals surface area contributed by atoms with E-state index in [2.05, 4.69) is 16.4 Å². The van der Waals surface area contributed by atoms with Gasteiger partial charge in [-0.15, -0.1) is 0 Å². The second-order valence-electron chi connectivity index (χ2n) is 4.68. The number of carbonyl (C=O) groups excluding carboxylic acids is 1. The van der Waals surface area contributed by atoms with Gasteiger partial charge in [-0.05, 0) is 23.3 Å². The Labute approximate surface area is 115 Å². The Morgan fingerprint density at radius 1 is 1.42 bits per heavy atom. The van der Waals surface area contributed by atoms with Gasteiger partial charge in [0, 0.05) is 34.6 Å². The maximum Gasteiger partial charge on any atom is 0.224 e. The molecule has 2 aromatic rings. The molecule has 0 aliphatic carbocycles. The molecule has 19 heavy (non-hydrogen) atoms. The molecule has 0 unspecified atom stereocenters. The van der Waals surface area contributed by atoms with E-state index < -0.39 is 0 Å². The molecule has 1 aromatic heterocycles. The lowest BCUT2D eigenvalue weighted by Gasteiger charge is -2.03. The molecular weight excluding hydrogens is 262 g/mol. The summed E-state index contributed by atoms with van der Waals surface area (Å²) in [6.45, 7) is 0.639. The largest absolute Gasteiger partial charge is 0.358 e. The van der Waals surface area contributed by atoms with Crippen LogP contribution in [0.15, 0.2) is 12.1 Å². The van der Waals surface area contributed by atoms with Crippen molar-refractivity contribution in [3.63, 3.8) is 0 Å². The highest BCUT2D eigenvalue weighted by Crippen LogP contribution is 2.31. The van der Waals surface area contributed by atoms with Crippen LogP contribution in [0.5, 0.6) is 0 Å². The highest BCUT2D eigenvalue weighted by Gasteiger charge is 2.20. The molecule has 0 spiro atoms. The summed E-state index contributed by atoms with van der Waals surface area (Å²) in [5.74, 6) is 0.0255. The van der Waals surface area contributed by atoms with Gasteiger partial charge in [0.1, 0.15) is 0 Å². The van der Waals surface area contributed by atoms with Crippen LogP contribution in [0.2, 0.25) is 5.02 Å². The first kappa shape index (κ1) is 12.1. The highest BCUT2D eigenvalue weighted by molar-refractivity contribution is 6.31. The van der Waals surface area contributed by atoms with Crippen LogP contribution < -0.4 is 5.32 Å². The van der Waals surface area contributed by atoms with E-state index in [4.69, 9.17) is 16.9 Å². The fourth-order valence-corrected chi connectivity index (χ4v) is 2.93. The van der Waals surface area contributed by atoms with Crippen molar-refractivity contribution in [2.75, 3.05) is 6.54 Å². The van der Waals surface area contributed by atoms with Gasteiger partial charge in [-0.25, -0.2) is 0 Å². The van der Waals surface area contributed by atoms with E-state index in [1.54, 1.807) is 0 Å². The summed E-state index contributed by atoms with van der Waals surface area (Å²) in [6.07, 6.45) is 1.43. The van der Waals surface area contributed by atoms with Crippen molar-refractivity contribution in [1.82, 2.24) is 10.3 Å².